The van der Waals surface area contributed by atoms with Gasteiger partial charge in [-0.15, -0.1) is 11.8 Å². The van der Waals surface area contributed by atoms with Crippen LogP contribution >= 0.6 is 11.6 Å². The van der Waals surface area contributed by atoms with Gasteiger partial charge in [-0.25, -0.2) is 0 Å². The Balaban J connectivity index is 1.86. The van der Waals surface area contributed by atoms with Crippen LogP contribution in [0.1, 0.15) is 39.0 Å². The van der Waals surface area contributed by atoms with Crippen LogP contribution in [0.25, 0.3) is 11.1 Å². The maximum atomic E-state index is 11.5. The molecule has 1 aliphatic rings. The van der Waals surface area contributed by atoms with E-state index in [4.69, 9.17) is 20.5 Å². The molecule has 6 heteroatoms. The first-order valence-electron chi connectivity index (χ1n) is 9.26. The summed E-state index contributed by atoms with van der Waals surface area (Å²) in [4.78, 5) is 0. The van der Waals surface area contributed by atoms with E-state index in [0.717, 1.165) is 24.0 Å². The minimum absolute atomic E-state index is 0.334. The molecule has 2 aromatic rings. The lowest BCUT2D eigenvalue weighted by molar-refractivity contribution is -0.0609. The molecule has 1 N–H and O–H groups in total. The predicted octanol–water partition coefficient (Wildman–Crippen LogP) is 5.63. The predicted molar refractivity (Wildman–Crippen MR) is 112 cm³/mol. The summed E-state index contributed by atoms with van der Waals surface area (Å²) in [6, 6.07) is 15.6. The second kappa shape index (κ2) is 9.58. The smallest absolute Gasteiger partial charge is 0.302 e. The Morgan fingerprint density at radius 2 is 2.00 bits per heavy atom. The van der Waals surface area contributed by atoms with Gasteiger partial charge in [-0.3, -0.25) is 8.74 Å². The first-order chi connectivity index (χ1) is 13.5. The molecule has 0 aromatic heterocycles. The zero-order chi connectivity index (χ0) is 20.0. The highest BCUT2D eigenvalue weighted by Crippen LogP contribution is 2.40. The van der Waals surface area contributed by atoms with Crippen molar-refractivity contribution >= 4 is 23.0 Å². The first-order valence-corrected chi connectivity index (χ1v) is 10.7. The molecule has 1 saturated carbocycles. The molecule has 0 radical (unpaired) electrons. The van der Waals surface area contributed by atoms with Gasteiger partial charge in [0.1, 0.15) is 17.5 Å². The summed E-state index contributed by atoms with van der Waals surface area (Å²) >= 11 is 4.10. The van der Waals surface area contributed by atoms with E-state index in [0.29, 0.717) is 30.0 Å². The summed E-state index contributed by atoms with van der Waals surface area (Å²) in [7, 11) is 0. The van der Waals surface area contributed by atoms with Crippen molar-refractivity contribution in [3.63, 3.8) is 0 Å². The molecule has 1 fully saturated rings. The van der Waals surface area contributed by atoms with E-state index in [2.05, 4.69) is 11.8 Å². The Morgan fingerprint density at radius 1 is 1.21 bits per heavy atom. The van der Waals surface area contributed by atoms with E-state index in [1.54, 1.807) is 6.92 Å². The van der Waals surface area contributed by atoms with E-state index in [9.17, 15) is 8.76 Å². The van der Waals surface area contributed by atoms with E-state index in [1.165, 1.54) is 0 Å². The van der Waals surface area contributed by atoms with Gasteiger partial charge < -0.3 is 4.74 Å². The van der Waals surface area contributed by atoms with Gasteiger partial charge in [0.15, 0.2) is 0 Å². The number of benzene rings is 2. The Hall–Kier alpha value is -1.84. The summed E-state index contributed by atoms with van der Waals surface area (Å²) in [5.41, 5.74) is 1.14. The molecule has 2 aromatic carbocycles. The summed E-state index contributed by atoms with van der Waals surface area (Å²) in [6.45, 7) is 1.74. The number of hydrogen-bond acceptors (Lipinski definition) is 3. The highest BCUT2D eigenvalue weighted by molar-refractivity contribution is 7.74. The van der Waals surface area contributed by atoms with Gasteiger partial charge in [0.2, 0.25) is 0 Å². The Kier molecular flexibility index (Phi) is 7.14. The van der Waals surface area contributed by atoms with Gasteiger partial charge in [-0.05, 0) is 49.4 Å². The maximum absolute atomic E-state index is 11.5. The lowest BCUT2D eigenvalue weighted by Gasteiger charge is -2.41. The summed E-state index contributed by atoms with van der Waals surface area (Å²) in [5.74, 6) is 6.37. The van der Waals surface area contributed by atoms with Crippen LogP contribution in [-0.4, -0.2) is 20.5 Å². The quantitative estimate of drug-likeness (QED) is 0.487. The van der Waals surface area contributed by atoms with Crippen molar-refractivity contribution in [2.45, 2.75) is 50.7 Å². The summed E-state index contributed by atoms with van der Waals surface area (Å²) < 4.78 is 32.5. The highest BCUT2D eigenvalue weighted by Gasteiger charge is 2.45. The fourth-order valence-corrected chi connectivity index (χ4v) is 4.37. The van der Waals surface area contributed by atoms with E-state index in [-0.39, 0.29) is 0 Å². The van der Waals surface area contributed by atoms with Crippen molar-refractivity contribution in [3.8, 4) is 28.7 Å². The van der Waals surface area contributed by atoms with Crippen LogP contribution in [0, 0.1) is 11.8 Å². The lowest BCUT2D eigenvalue weighted by atomic mass is 9.80. The standard InChI is InChI=1S/C22H23ClO4S/c1-2-3-14-22(27-28(24)25)15-8-7-11-21(22)26-20-13-12-18(16-19(20)23)17-9-5-4-6-10-17/h4-6,9-10,12-13,16,21H,7-8,11,14-15H2,1H3,(H,24,25). The van der Waals surface area contributed by atoms with Crippen LogP contribution in [0.2, 0.25) is 5.02 Å². The third-order valence-electron chi connectivity index (χ3n) is 5.01. The number of hydrogen-bond donors (Lipinski definition) is 1. The Bertz CT molecular complexity index is 890. The summed E-state index contributed by atoms with van der Waals surface area (Å²) in [5, 5.41) is 0.493. The van der Waals surface area contributed by atoms with Gasteiger partial charge in [-0.2, -0.15) is 4.21 Å². The molecule has 148 valence electrons. The molecule has 0 amide bonds. The van der Waals surface area contributed by atoms with E-state index >= 15 is 0 Å². The molecule has 0 bridgehead atoms. The third kappa shape index (κ3) is 4.95. The largest absolute Gasteiger partial charge is 0.486 e. The van der Waals surface area contributed by atoms with E-state index < -0.39 is 23.1 Å². The topological polar surface area (TPSA) is 55.8 Å². The normalized spacial score (nSPS) is 22.8. The van der Waals surface area contributed by atoms with Gasteiger partial charge in [0.25, 0.3) is 0 Å². The average Bonchev–Trinajstić information content (AvgIpc) is 2.69. The van der Waals surface area contributed by atoms with Crippen molar-refractivity contribution < 1.29 is 17.7 Å². The van der Waals surface area contributed by atoms with Crippen LogP contribution in [0.15, 0.2) is 48.5 Å². The summed E-state index contributed by atoms with van der Waals surface area (Å²) in [6.07, 6.45) is 3.09. The number of halogens is 1. The van der Waals surface area contributed by atoms with Gasteiger partial charge in [-0.1, -0.05) is 54.4 Å². The van der Waals surface area contributed by atoms with Crippen molar-refractivity contribution in [1.29, 1.82) is 0 Å². The lowest BCUT2D eigenvalue weighted by Crippen LogP contribution is -2.50. The molecule has 0 saturated heterocycles. The monoisotopic (exact) mass is 418 g/mol. The second-order valence-electron chi connectivity index (χ2n) is 6.83. The van der Waals surface area contributed by atoms with Crippen LogP contribution < -0.4 is 4.74 Å². The average molecular weight is 419 g/mol. The van der Waals surface area contributed by atoms with Crippen LogP contribution in [0.5, 0.6) is 5.75 Å². The Labute approximate surface area is 173 Å². The fourth-order valence-electron chi connectivity index (χ4n) is 3.61. The molecule has 0 spiro atoms. The minimum atomic E-state index is -2.40. The molecule has 0 aliphatic heterocycles. The van der Waals surface area contributed by atoms with Crippen molar-refractivity contribution in [1.82, 2.24) is 0 Å². The SMILES string of the molecule is CC#CCC1(OS(=O)O)CCCCC1Oc1ccc(-c2ccccc2)cc1Cl. The van der Waals surface area contributed by atoms with Crippen LogP contribution in [-0.2, 0) is 15.5 Å². The highest BCUT2D eigenvalue weighted by atomic mass is 35.5. The molecule has 3 unspecified atom stereocenters. The minimum Gasteiger partial charge on any atom is -0.486 e. The molecule has 3 rings (SSSR count). The zero-order valence-corrected chi connectivity index (χ0v) is 17.3. The fraction of sp³-hybridized carbons (Fsp3) is 0.364. The maximum Gasteiger partial charge on any atom is 0.302 e. The molecule has 28 heavy (non-hydrogen) atoms. The van der Waals surface area contributed by atoms with Crippen molar-refractivity contribution in [3.05, 3.63) is 53.6 Å². The third-order valence-corrected chi connectivity index (χ3v) is 5.78. The number of ether oxygens (including phenoxy) is 1. The van der Waals surface area contributed by atoms with Gasteiger partial charge in [0, 0.05) is 6.42 Å². The molecular formula is C22H23ClO4S. The molecule has 1 aliphatic carbocycles. The molecule has 0 heterocycles. The van der Waals surface area contributed by atoms with Crippen molar-refractivity contribution in [2.75, 3.05) is 0 Å². The molecular weight excluding hydrogens is 396 g/mol. The van der Waals surface area contributed by atoms with Gasteiger partial charge >= 0.3 is 11.4 Å². The first kappa shape index (κ1) is 20.9. The second-order valence-corrected chi connectivity index (χ2v) is 7.84. The van der Waals surface area contributed by atoms with Crippen LogP contribution in [0.4, 0.5) is 0 Å². The van der Waals surface area contributed by atoms with Gasteiger partial charge in [0.05, 0.1) is 5.02 Å². The molecule has 3 atom stereocenters. The van der Waals surface area contributed by atoms with Crippen molar-refractivity contribution in [2.24, 2.45) is 0 Å². The molecule has 4 nitrogen and oxygen atoms in total. The number of rotatable bonds is 6. The van der Waals surface area contributed by atoms with Crippen LogP contribution in [0.3, 0.4) is 0 Å². The zero-order valence-electron chi connectivity index (χ0n) is 15.7. The Morgan fingerprint density at radius 3 is 2.68 bits per heavy atom. The van der Waals surface area contributed by atoms with E-state index in [1.807, 2.05) is 48.5 Å².